The minimum Gasteiger partial charge on any atom is -0.487 e. The molecule has 30 heavy (non-hydrogen) atoms. The van der Waals surface area contributed by atoms with Gasteiger partial charge >= 0.3 is 0 Å². The van der Waals surface area contributed by atoms with Gasteiger partial charge in [-0.1, -0.05) is 18.2 Å². The van der Waals surface area contributed by atoms with Crippen molar-refractivity contribution in [3.8, 4) is 5.75 Å². The third-order valence-electron chi connectivity index (χ3n) is 7.04. The zero-order valence-electron chi connectivity index (χ0n) is 19.0. The van der Waals surface area contributed by atoms with Crippen LogP contribution in [0.2, 0.25) is 0 Å². The van der Waals surface area contributed by atoms with E-state index in [0.717, 1.165) is 70.2 Å². The number of benzene rings is 1. The van der Waals surface area contributed by atoms with Gasteiger partial charge in [0.2, 0.25) is 0 Å². The number of piperazine rings is 1. The molecule has 0 aromatic heterocycles. The van der Waals surface area contributed by atoms with E-state index in [0.29, 0.717) is 6.04 Å². The first-order valence-electron chi connectivity index (χ1n) is 11.8. The van der Waals surface area contributed by atoms with Crippen molar-refractivity contribution in [2.24, 2.45) is 4.99 Å². The van der Waals surface area contributed by atoms with Crippen LogP contribution in [0.25, 0.3) is 0 Å². The number of ether oxygens (including phenoxy) is 1. The quantitative estimate of drug-likeness (QED) is 0.574. The Balaban J connectivity index is 1.46. The van der Waals surface area contributed by atoms with E-state index in [1.54, 1.807) is 0 Å². The van der Waals surface area contributed by atoms with Crippen molar-refractivity contribution in [2.75, 3.05) is 46.3 Å². The van der Waals surface area contributed by atoms with Gasteiger partial charge in [0.05, 0.1) is 12.6 Å². The lowest BCUT2D eigenvalue weighted by molar-refractivity contribution is 0.0396. The predicted molar refractivity (Wildman–Crippen MR) is 123 cm³/mol. The highest BCUT2D eigenvalue weighted by molar-refractivity contribution is 5.80. The maximum absolute atomic E-state index is 6.53. The van der Waals surface area contributed by atoms with E-state index in [-0.39, 0.29) is 11.6 Å². The van der Waals surface area contributed by atoms with Gasteiger partial charge < -0.3 is 20.3 Å². The van der Waals surface area contributed by atoms with Gasteiger partial charge in [-0.2, -0.15) is 0 Å². The molecule has 0 bridgehead atoms. The lowest BCUT2D eigenvalue weighted by atomic mass is 9.86. The van der Waals surface area contributed by atoms with Crippen molar-refractivity contribution in [1.29, 1.82) is 0 Å². The molecule has 6 nitrogen and oxygen atoms in total. The Labute approximate surface area is 182 Å². The molecule has 2 N–H and O–H groups in total. The van der Waals surface area contributed by atoms with Gasteiger partial charge in [0.25, 0.3) is 0 Å². The summed E-state index contributed by atoms with van der Waals surface area (Å²) >= 11 is 0. The van der Waals surface area contributed by atoms with Crippen LogP contribution in [-0.4, -0.2) is 73.7 Å². The summed E-state index contributed by atoms with van der Waals surface area (Å²) < 4.78 is 6.53. The summed E-state index contributed by atoms with van der Waals surface area (Å²) in [4.78, 5) is 9.95. The smallest absolute Gasteiger partial charge is 0.191 e. The molecule has 4 rings (SSSR count). The normalized spacial score (nSPS) is 25.6. The molecule has 166 valence electrons. The Morgan fingerprint density at radius 2 is 1.93 bits per heavy atom. The van der Waals surface area contributed by atoms with Crippen LogP contribution in [0.15, 0.2) is 29.3 Å². The Kier molecular flexibility index (Phi) is 6.84. The van der Waals surface area contributed by atoms with Gasteiger partial charge in [0, 0.05) is 50.7 Å². The lowest BCUT2D eigenvalue weighted by Gasteiger charge is -2.40. The van der Waals surface area contributed by atoms with E-state index in [1.165, 1.54) is 18.4 Å². The van der Waals surface area contributed by atoms with Crippen molar-refractivity contribution >= 4 is 5.96 Å². The average Bonchev–Trinajstić information content (AvgIpc) is 3.19. The fourth-order valence-corrected chi connectivity index (χ4v) is 5.16. The van der Waals surface area contributed by atoms with Crippen LogP contribution in [0.4, 0.5) is 0 Å². The van der Waals surface area contributed by atoms with Crippen molar-refractivity contribution in [2.45, 2.75) is 63.6 Å². The first-order chi connectivity index (χ1) is 14.6. The van der Waals surface area contributed by atoms with Crippen LogP contribution in [0.1, 0.15) is 57.6 Å². The zero-order valence-corrected chi connectivity index (χ0v) is 19.0. The molecule has 3 aliphatic rings. The highest BCUT2D eigenvalue weighted by Crippen LogP contribution is 2.46. The SMILES string of the molecule is CCNC(=NCC(C)N1CCN(C)CC1)NC1CC2(CCCC2)Oc2ccccc21. The molecule has 1 aromatic carbocycles. The summed E-state index contributed by atoms with van der Waals surface area (Å²) in [6.07, 6.45) is 5.88. The van der Waals surface area contributed by atoms with E-state index >= 15 is 0 Å². The van der Waals surface area contributed by atoms with E-state index in [4.69, 9.17) is 9.73 Å². The standard InChI is InChI=1S/C24H39N5O/c1-4-25-23(26-18-19(2)29-15-13-28(3)14-16-29)27-21-17-24(11-7-8-12-24)30-22-10-6-5-9-20(21)22/h5-6,9-10,19,21H,4,7-8,11-18H2,1-3H3,(H2,25,26,27). The second kappa shape index (κ2) is 9.56. The van der Waals surface area contributed by atoms with Crippen molar-refractivity contribution in [3.63, 3.8) is 0 Å². The molecule has 6 heteroatoms. The number of para-hydroxylation sites is 1. The summed E-state index contributed by atoms with van der Waals surface area (Å²) in [6.45, 7) is 10.7. The van der Waals surface area contributed by atoms with Crippen LogP contribution >= 0.6 is 0 Å². The van der Waals surface area contributed by atoms with Gasteiger partial charge in [-0.3, -0.25) is 9.89 Å². The molecule has 0 radical (unpaired) electrons. The van der Waals surface area contributed by atoms with E-state index in [2.05, 4.69) is 65.6 Å². The Morgan fingerprint density at radius 1 is 1.20 bits per heavy atom. The number of hydrogen-bond donors (Lipinski definition) is 2. The minimum atomic E-state index is -0.00351. The van der Waals surface area contributed by atoms with Gasteiger partial charge in [0.15, 0.2) is 5.96 Å². The van der Waals surface area contributed by atoms with Gasteiger partial charge in [-0.25, -0.2) is 0 Å². The summed E-state index contributed by atoms with van der Waals surface area (Å²) in [5.74, 6) is 1.97. The van der Waals surface area contributed by atoms with E-state index < -0.39 is 0 Å². The third kappa shape index (κ3) is 4.92. The average molecular weight is 414 g/mol. The first kappa shape index (κ1) is 21.4. The number of fused-ring (bicyclic) bond motifs is 1. The Hall–Kier alpha value is -1.79. The number of hydrogen-bond acceptors (Lipinski definition) is 4. The van der Waals surface area contributed by atoms with Gasteiger partial charge in [-0.05, 0) is 52.6 Å². The number of guanidine groups is 1. The van der Waals surface area contributed by atoms with Crippen LogP contribution in [0.3, 0.4) is 0 Å². The van der Waals surface area contributed by atoms with Crippen LogP contribution in [0, 0.1) is 0 Å². The highest BCUT2D eigenvalue weighted by Gasteiger charge is 2.43. The second-order valence-corrected chi connectivity index (χ2v) is 9.34. The molecule has 1 saturated heterocycles. The lowest BCUT2D eigenvalue weighted by Crippen LogP contribution is -2.49. The minimum absolute atomic E-state index is 0.00351. The van der Waals surface area contributed by atoms with Gasteiger partial charge in [-0.15, -0.1) is 0 Å². The molecule has 2 aliphatic heterocycles. The molecule has 0 amide bonds. The number of nitrogens with zero attached hydrogens (tertiary/aromatic N) is 3. The third-order valence-corrected chi connectivity index (χ3v) is 7.04. The number of rotatable bonds is 5. The molecule has 1 aliphatic carbocycles. The molecule has 1 saturated carbocycles. The number of aliphatic imine (C=N–C) groups is 1. The molecular weight excluding hydrogens is 374 g/mol. The highest BCUT2D eigenvalue weighted by atomic mass is 16.5. The number of likely N-dealkylation sites (N-methyl/N-ethyl adjacent to an activating group) is 1. The zero-order chi connectivity index (χ0) is 21.0. The van der Waals surface area contributed by atoms with Crippen LogP contribution < -0.4 is 15.4 Å². The molecule has 1 aromatic rings. The first-order valence-corrected chi connectivity index (χ1v) is 11.8. The van der Waals surface area contributed by atoms with Gasteiger partial charge in [0.1, 0.15) is 11.4 Å². The molecule has 1 spiro atoms. The second-order valence-electron chi connectivity index (χ2n) is 9.34. The summed E-state index contributed by atoms with van der Waals surface area (Å²) in [5.41, 5.74) is 1.25. The molecule has 2 atom stereocenters. The van der Waals surface area contributed by atoms with E-state index in [9.17, 15) is 0 Å². The molecule has 2 unspecified atom stereocenters. The fraction of sp³-hybridized carbons (Fsp3) is 0.708. The maximum atomic E-state index is 6.53. The summed E-state index contributed by atoms with van der Waals surface area (Å²) in [7, 11) is 2.20. The molecule has 2 heterocycles. The fourth-order valence-electron chi connectivity index (χ4n) is 5.16. The molecule has 2 fully saturated rings. The van der Waals surface area contributed by atoms with Crippen molar-refractivity contribution < 1.29 is 4.74 Å². The molecular formula is C24H39N5O. The largest absolute Gasteiger partial charge is 0.487 e. The van der Waals surface area contributed by atoms with Crippen molar-refractivity contribution in [3.05, 3.63) is 29.8 Å². The predicted octanol–water partition coefficient (Wildman–Crippen LogP) is 3.01. The Morgan fingerprint density at radius 3 is 2.67 bits per heavy atom. The Bertz CT molecular complexity index is 722. The van der Waals surface area contributed by atoms with Crippen LogP contribution in [-0.2, 0) is 0 Å². The monoisotopic (exact) mass is 413 g/mol. The van der Waals surface area contributed by atoms with Crippen molar-refractivity contribution in [1.82, 2.24) is 20.4 Å². The number of nitrogens with one attached hydrogen (secondary N) is 2. The topological polar surface area (TPSA) is 52.1 Å². The van der Waals surface area contributed by atoms with E-state index in [1.807, 2.05) is 0 Å². The summed E-state index contributed by atoms with van der Waals surface area (Å²) in [5, 5.41) is 7.24. The van der Waals surface area contributed by atoms with Crippen LogP contribution in [0.5, 0.6) is 5.75 Å². The maximum Gasteiger partial charge on any atom is 0.191 e. The summed E-state index contributed by atoms with van der Waals surface area (Å²) in [6, 6.07) is 9.22.